The molecule has 2 aromatic rings. The molecule has 3 saturated heterocycles. The van der Waals surface area contributed by atoms with Crippen molar-refractivity contribution in [2.45, 2.75) is 189 Å². The van der Waals surface area contributed by atoms with E-state index in [2.05, 4.69) is 41.6 Å². The summed E-state index contributed by atoms with van der Waals surface area (Å²) in [4.78, 5) is 168. The summed E-state index contributed by atoms with van der Waals surface area (Å²) in [6.45, 7) is 0.141. The van der Waals surface area contributed by atoms with E-state index in [0.717, 1.165) is 29.7 Å². The van der Waals surface area contributed by atoms with Crippen LogP contribution in [-0.4, -0.2) is 235 Å². The number of likely N-dealkylation sites (tertiary alicyclic amines) is 3. The second-order valence-corrected chi connectivity index (χ2v) is 25.7. The SMILES string of the molecule is CCC(=O)O.NC(N)=NCCC[C@@H](N)C(=O)N[C@@H](CCCN=C(N)N)C(=O)N1CCC[C@H]1C(=O)N1C[C@H](O)C[C@H]1C(=O)NCC(=O)N[C@@H](Cc1cccs1)C(=O)N[C@@H](CO)C(=O)N1Cc2ccccc2C[C@@H]1C(=O)N1[C@H](C(=O)N[C@@H](CCCN=C(N)N)C(=O)O)C[C@@H]2CCCC[C@@H]21. The lowest BCUT2D eigenvalue weighted by molar-refractivity contribution is -0.153. The van der Waals surface area contributed by atoms with Gasteiger partial charge in [0.15, 0.2) is 17.9 Å². The summed E-state index contributed by atoms with van der Waals surface area (Å²) < 4.78 is 0. The first-order valence-corrected chi connectivity index (χ1v) is 33.6. The van der Waals surface area contributed by atoms with Gasteiger partial charge in [-0.05, 0) is 99.1 Å². The molecule has 0 unspecified atom stereocenters. The molecule has 5 heterocycles. The third-order valence-electron chi connectivity index (χ3n) is 17.7. The number of benzene rings is 1. The first-order chi connectivity index (χ1) is 46.2. The fourth-order valence-electron chi connectivity index (χ4n) is 12.9. The van der Waals surface area contributed by atoms with Gasteiger partial charge in [0.05, 0.1) is 25.3 Å². The first-order valence-electron chi connectivity index (χ1n) is 32.7. The van der Waals surface area contributed by atoms with E-state index >= 15 is 4.79 Å². The number of carboxylic acids is 2. The van der Waals surface area contributed by atoms with Crippen LogP contribution in [0.25, 0.3) is 0 Å². The molecule has 97 heavy (non-hydrogen) atoms. The number of carboxylic acid groups (broad SMARTS) is 2. The van der Waals surface area contributed by atoms with Crippen LogP contribution in [0.5, 0.6) is 0 Å². The number of hydrogen-bond donors (Lipinski definition) is 16. The Morgan fingerprint density at radius 3 is 1.85 bits per heavy atom. The highest BCUT2D eigenvalue weighted by Crippen LogP contribution is 2.41. The first kappa shape index (κ1) is 76.8. The summed E-state index contributed by atoms with van der Waals surface area (Å²) in [6, 6.07) is -1.07. The number of aliphatic hydroxyl groups excluding tert-OH is 2. The molecule has 23 N–H and O–H groups in total. The minimum Gasteiger partial charge on any atom is -0.481 e. The highest BCUT2D eigenvalue weighted by Gasteiger charge is 2.52. The second-order valence-electron chi connectivity index (χ2n) is 24.7. The van der Waals surface area contributed by atoms with Crippen LogP contribution in [0.15, 0.2) is 56.8 Å². The van der Waals surface area contributed by atoms with Crippen molar-refractivity contribution in [2.24, 2.45) is 61.0 Å². The summed E-state index contributed by atoms with van der Waals surface area (Å²) in [7, 11) is 0. The average Bonchev–Trinajstić information content (AvgIpc) is 1.72. The molecule has 9 amide bonds. The predicted molar refractivity (Wildman–Crippen MR) is 355 cm³/mol. The van der Waals surface area contributed by atoms with Crippen LogP contribution in [0, 0.1) is 5.92 Å². The van der Waals surface area contributed by atoms with Crippen LogP contribution in [0.4, 0.5) is 0 Å². The number of nitrogens with one attached hydrogen (secondary N) is 5. The van der Waals surface area contributed by atoms with Gasteiger partial charge in [-0.25, -0.2) is 4.79 Å². The van der Waals surface area contributed by atoms with Gasteiger partial charge in [0, 0.05) is 75.9 Å². The normalized spacial score (nSPS) is 21.6. The monoisotopic (exact) mass is 1380 g/mol. The molecule has 4 aliphatic heterocycles. The number of guanidine groups is 3. The van der Waals surface area contributed by atoms with Crippen molar-refractivity contribution in [3.05, 3.63) is 57.8 Å². The predicted octanol–water partition coefficient (Wildman–Crippen LogP) is -4.54. The molecule has 534 valence electrons. The van der Waals surface area contributed by atoms with Gasteiger partial charge in [0.2, 0.25) is 53.2 Å². The van der Waals surface area contributed by atoms with E-state index in [-0.39, 0.29) is 134 Å². The van der Waals surface area contributed by atoms with E-state index in [9.17, 15) is 63.3 Å². The van der Waals surface area contributed by atoms with Crippen molar-refractivity contribution in [1.29, 1.82) is 0 Å². The number of hydrogen-bond acceptors (Lipinski definition) is 18. The van der Waals surface area contributed by atoms with E-state index < -0.39 is 145 Å². The van der Waals surface area contributed by atoms with Crippen LogP contribution in [0.2, 0.25) is 0 Å². The van der Waals surface area contributed by atoms with Crippen LogP contribution >= 0.6 is 11.3 Å². The van der Waals surface area contributed by atoms with Gasteiger partial charge in [0.25, 0.3) is 0 Å². The van der Waals surface area contributed by atoms with Gasteiger partial charge in [-0.15, -0.1) is 11.3 Å². The Balaban J connectivity index is 0.00000286. The summed E-state index contributed by atoms with van der Waals surface area (Å²) >= 11 is 1.27. The van der Waals surface area contributed by atoms with Crippen LogP contribution in [0.3, 0.4) is 0 Å². The highest BCUT2D eigenvalue weighted by atomic mass is 32.1. The summed E-state index contributed by atoms with van der Waals surface area (Å²) in [5.74, 6) is -9.08. The fourth-order valence-corrected chi connectivity index (χ4v) is 13.6. The standard InChI is InChI=1S/C59H89N19O13S.C3H6O2/c60-37(14-5-19-67-57(61)62)48(82)72-38(15-6-20-68-58(63)64)52(86)75-22-8-18-43(75)54(88)77-30-35(80)26-44(77)50(84)70-28-47(81)71-40(27-36-13-9-23-92-36)49(83)74-41(31-79)53(87)76-29-34-12-2-1-10-32(34)24-46(76)55(89)78-42-17-4-3-11-33(42)25-45(78)51(85)73-39(56(90)91)16-7-21-69-59(65)66;1-2-3(4)5/h1-2,9-10,12-13,23,33,35,37-46,79-80H,3-8,11,14-22,24-31,60H2,(H,70,84)(H,71,81)(H,72,82)(H,73,85)(H,74,83)(H,90,91)(H4,61,62,67)(H4,63,64,68)(H4,65,66,69);2H2,1H3,(H,4,5)/t33-,35+,37+,38-,39-,40-,41-,42-,43-,44-,45-,46+;/m0./s1. The Morgan fingerprint density at radius 1 is 0.629 bits per heavy atom. The molecular formula is C62H95N19O15S. The van der Waals surface area contributed by atoms with Gasteiger partial charge < -0.3 is 107 Å². The zero-order valence-corrected chi connectivity index (χ0v) is 55.3. The quantitative estimate of drug-likeness (QED) is 0.0192. The Kier molecular flexibility index (Phi) is 29.6. The molecule has 1 saturated carbocycles. The molecule has 1 aromatic carbocycles. The molecule has 35 heteroatoms. The number of aliphatic hydroxyl groups is 2. The summed E-state index contributed by atoms with van der Waals surface area (Å²) in [5, 5.41) is 54.5. The van der Waals surface area contributed by atoms with E-state index in [1.165, 1.54) is 26.0 Å². The molecular weight excluding hydrogens is 1280 g/mol. The summed E-state index contributed by atoms with van der Waals surface area (Å²) in [6.07, 6.45) is 3.64. The van der Waals surface area contributed by atoms with Crippen molar-refractivity contribution >= 4 is 94.3 Å². The van der Waals surface area contributed by atoms with Crippen molar-refractivity contribution < 1.29 is 73.2 Å². The Labute approximate surface area is 565 Å². The average molecular weight is 1380 g/mol. The Bertz CT molecular complexity index is 3180. The number of aliphatic imine (C=N–C) groups is 3. The van der Waals surface area contributed by atoms with Crippen molar-refractivity contribution in [2.75, 3.05) is 45.9 Å². The molecule has 34 nitrogen and oxygen atoms in total. The number of fused-ring (bicyclic) bond motifs is 2. The third kappa shape index (κ3) is 22.2. The maximum atomic E-state index is 15.3. The van der Waals surface area contributed by atoms with Crippen LogP contribution in [-0.2, 0) is 72.1 Å². The molecule has 5 aliphatic rings. The molecule has 7 rings (SSSR count). The molecule has 0 spiro atoms. The number of β-amino-alcohol motifs (C(OH)–C–C–N with tert-alkyl or cyclic N) is 1. The Morgan fingerprint density at radius 2 is 1.24 bits per heavy atom. The lowest BCUT2D eigenvalue weighted by Gasteiger charge is -2.42. The fraction of sp³-hybridized carbons (Fsp3) is 0.613. The second kappa shape index (κ2) is 37.3. The molecule has 12 atom stereocenters. The molecule has 0 radical (unpaired) electrons. The minimum absolute atomic E-state index is 0.00000960. The maximum absolute atomic E-state index is 15.3. The summed E-state index contributed by atoms with van der Waals surface area (Å²) in [5.41, 5.74) is 40.3. The third-order valence-corrected chi connectivity index (χ3v) is 18.6. The topological polar surface area (TPSA) is 561 Å². The zero-order chi connectivity index (χ0) is 71.0. The van der Waals surface area contributed by atoms with Gasteiger partial charge in [0.1, 0.15) is 48.3 Å². The van der Waals surface area contributed by atoms with Gasteiger partial charge in [-0.3, -0.25) is 62.9 Å². The van der Waals surface area contributed by atoms with Gasteiger partial charge in [-0.2, -0.15) is 0 Å². The largest absolute Gasteiger partial charge is 0.481 e. The van der Waals surface area contributed by atoms with Crippen LogP contribution in [0.1, 0.15) is 119 Å². The van der Waals surface area contributed by atoms with Gasteiger partial charge in [-0.1, -0.05) is 50.1 Å². The number of rotatable bonds is 31. The van der Waals surface area contributed by atoms with E-state index in [1.807, 2.05) is 6.07 Å². The lowest BCUT2D eigenvalue weighted by atomic mass is 9.84. The number of thiophene rings is 1. The Hall–Kier alpha value is -9.22. The molecule has 0 bridgehead atoms. The maximum Gasteiger partial charge on any atom is 0.326 e. The number of nitrogens with zero attached hydrogens (tertiary/aromatic N) is 7. The zero-order valence-electron chi connectivity index (χ0n) is 54.5. The highest BCUT2D eigenvalue weighted by molar-refractivity contribution is 7.09. The van der Waals surface area contributed by atoms with Crippen molar-refractivity contribution in [1.82, 2.24) is 46.2 Å². The number of amides is 9. The number of nitrogens with two attached hydrogens (primary N) is 7. The minimum atomic E-state index is -1.66. The molecule has 1 aliphatic carbocycles. The van der Waals surface area contributed by atoms with E-state index in [1.54, 1.807) is 42.6 Å². The van der Waals surface area contributed by atoms with Crippen molar-refractivity contribution in [3.63, 3.8) is 0 Å². The van der Waals surface area contributed by atoms with Crippen molar-refractivity contribution in [3.8, 4) is 0 Å². The smallest absolute Gasteiger partial charge is 0.326 e. The number of carbonyl (C=O) groups excluding carboxylic acids is 9. The lowest BCUT2D eigenvalue weighted by Crippen LogP contribution is -2.63. The number of aliphatic carboxylic acids is 2. The molecule has 4 fully saturated rings. The molecule has 1 aromatic heterocycles. The van der Waals surface area contributed by atoms with Crippen LogP contribution < -0.4 is 66.7 Å². The van der Waals surface area contributed by atoms with Gasteiger partial charge >= 0.3 is 11.9 Å². The number of carbonyl (C=O) groups is 11. The van der Waals surface area contributed by atoms with E-state index in [4.69, 9.17) is 45.2 Å². The van der Waals surface area contributed by atoms with E-state index in [0.29, 0.717) is 29.7 Å².